The quantitative estimate of drug-likeness (QED) is 0.899. The Morgan fingerprint density at radius 1 is 1.19 bits per heavy atom. The summed E-state index contributed by atoms with van der Waals surface area (Å²) in [6.07, 6.45) is 7.08. The largest absolute Gasteiger partial charge is 0.357 e. The Labute approximate surface area is 124 Å². The number of aromatic amines is 1. The van der Waals surface area contributed by atoms with Gasteiger partial charge in [0.25, 0.3) is 5.91 Å². The first-order valence-corrected chi connectivity index (χ1v) is 8.00. The fourth-order valence-corrected chi connectivity index (χ4v) is 4.33. The lowest BCUT2D eigenvalue weighted by Gasteiger charge is -2.36. The lowest BCUT2D eigenvalue weighted by Crippen LogP contribution is -2.53. The van der Waals surface area contributed by atoms with Crippen molar-refractivity contribution in [2.75, 3.05) is 13.1 Å². The third-order valence-corrected chi connectivity index (χ3v) is 5.32. The molecule has 0 radical (unpaired) electrons. The van der Waals surface area contributed by atoms with Crippen molar-refractivity contribution in [2.24, 2.45) is 5.92 Å². The molecule has 3 atom stereocenters. The first-order valence-electron chi connectivity index (χ1n) is 8.00. The number of carbonyl (C=O) groups excluding carboxylic acids is 2. The minimum atomic E-state index is -0.224. The Bertz CT molecular complexity index is 548. The molecule has 3 fully saturated rings. The van der Waals surface area contributed by atoms with E-state index in [1.165, 1.54) is 0 Å². The van der Waals surface area contributed by atoms with Crippen LogP contribution in [0.3, 0.4) is 0 Å². The summed E-state index contributed by atoms with van der Waals surface area (Å²) < 4.78 is 0. The standard InChI is InChI=1S/C16H21N3O2/c20-15(13-4-3-7-17-13)19-12-6-5-11(10-12)14(19)16(21)18-8-1-2-9-18/h3-4,7,11-12,14,17H,1-2,5-6,8-10H2/t11?,12?,14-/m0/s1. The minimum absolute atomic E-state index is 0.00949. The number of carbonyl (C=O) groups is 2. The van der Waals surface area contributed by atoms with Crippen LogP contribution in [0.25, 0.3) is 0 Å². The van der Waals surface area contributed by atoms with Crippen LogP contribution in [0.4, 0.5) is 0 Å². The fourth-order valence-electron chi connectivity index (χ4n) is 4.33. The Balaban J connectivity index is 1.61. The molecular formula is C16H21N3O2. The normalized spacial score (nSPS) is 31.1. The Morgan fingerprint density at radius 2 is 2.00 bits per heavy atom. The molecule has 1 aliphatic carbocycles. The molecule has 3 aliphatic rings. The molecule has 5 nitrogen and oxygen atoms in total. The first kappa shape index (κ1) is 12.9. The number of fused-ring (bicyclic) bond motifs is 2. The smallest absolute Gasteiger partial charge is 0.271 e. The van der Waals surface area contributed by atoms with E-state index >= 15 is 0 Å². The molecule has 0 spiro atoms. The van der Waals surface area contributed by atoms with Crippen LogP contribution in [0.1, 0.15) is 42.6 Å². The summed E-state index contributed by atoms with van der Waals surface area (Å²) >= 11 is 0. The van der Waals surface area contributed by atoms with Gasteiger partial charge in [-0.2, -0.15) is 0 Å². The van der Waals surface area contributed by atoms with Gasteiger partial charge in [0, 0.05) is 25.3 Å². The van der Waals surface area contributed by atoms with Crippen molar-refractivity contribution < 1.29 is 9.59 Å². The van der Waals surface area contributed by atoms with Gasteiger partial charge in [0.15, 0.2) is 0 Å². The first-order chi connectivity index (χ1) is 10.3. The minimum Gasteiger partial charge on any atom is -0.357 e. The lowest BCUT2D eigenvalue weighted by atomic mass is 9.97. The van der Waals surface area contributed by atoms with E-state index in [0.717, 1.165) is 45.2 Å². The third kappa shape index (κ3) is 1.98. The van der Waals surface area contributed by atoms with E-state index in [2.05, 4.69) is 4.98 Å². The molecule has 2 bridgehead atoms. The summed E-state index contributed by atoms with van der Waals surface area (Å²) in [7, 11) is 0. The predicted molar refractivity (Wildman–Crippen MR) is 77.7 cm³/mol. The fraction of sp³-hybridized carbons (Fsp3) is 0.625. The number of hydrogen-bond donors (Lipinski definition) is 1. The number of nitrogens with one attached hydrogen (secondary N) is 1. The molecular weight excluding hydrogens is 266 g/mol. The van der Waals surface area contributed by atoms with Gasteiger partial charge in [-0.25, -0.2) is 0 Å². The van der Waals surface area contributed by atoms with Gasteiger partial charge in [0.2, 0.25) is 5.91 Å². The van der Waals surface area contributed by atoms with E-state index in [4.69, 9.17) is 0 Å². The summed E-state index contributed by atoms with van der Waals surface area (Å²) in [5, 5.41) is 0. The third-order valence-electron chi connectivity index (χ3n) is 5.32. The molecule has 1 aromatic heterocycles. The monoisotopic (exact) mass is 287 g/mol. The van der Waals surface area contributed by atoms with Crippen molar-refractivity contribution in [2.45, 2.75) is 44.2 Å². The van der Waals surface area contributed by atoms with Crippen LogP contribution in [0, 0.1) is 5.92 Å². The molecule has 112 valence electrons. The highest BCUT2D eigenvalue weighted by atomic mass is 16.2. The molecule has 1 N–H and O–H groups in total. The number of piperidine rings is 1. The van der Waals surface area contributed by atoms with Crippen molar-refractivity contribution >= 4 is 11.8 Å². The van der Waals surface area contributed by atoms with Crippen LogP contribution in [0.5, 0.6) is 0 Å². The van der Waals surface area contributed by atoms with Crippen molar-refractivity contribution in [3.8, 4) is 0 Å². The van der Waals surface area contributed by atoms with Crippen molar-refractivity contribution in [1.82, 2.24) is 14.8 Å². The SMILES string of the molecule is O=C([C@@H]1C2CCC(C2)N1C(=O)c1ccc[nH]1)N1CCCC1. The van der Waals surface area contributed by atoms with Gasteiger partial charge in [0.1, 0.15) is 11.7 Å². The highest BCUT2D eigenvalue weighted by Crippen LogP contribution is 2.43. The molecule has 2 amide bonds. The summed E-state index contributed by atoms with van der Waals surface area (Å²) in [5.74, 6) is 0.534. The second-order valence-corrected chi connectivity index (χ2v) is 6.50. The number of hydrogen-bond acceptors (Lipinski definition) is 2. The number of nitrogens with zero attached hydrogens (tertiary/aromatic N) is 2. The van der Waals surface area contributed by atoms with E-state index in [9.17, 15) is 9.59 Å². The second kappa shape index (κ2) is 4.90. The Morgan fingerprint density at radius 3 is 2.71 bits per heavy atom. The maximum Gasteiger partial charge on any atom is 0.271 e. The highest BCUT2D eigenvalue weighted by Gasteiger charge is 2.52. The van der Waals surface area contributed by atoms with Crippen molar-refractivity contribution in [1.29, 1.82) is 0 Å². The van der Waals surface area contributed by atoms with Gasteiger partial charge in [0.05, 0.1) is 0 Å². The van der Waals surface area contributed by atoms with Gasteiger partial charge >= 0.3 is 0 Å². The van der Waals surface area contributed by atoms with E-state index in [-0.39, 0.29) is 23.9 Å². The van der Waals surface area contributed by atoms with E-state index < -0.39 is 0 Å². The van der Waals surface area contributed by atoms with E-state index in [1.807, 2.05) is 15.9 Å². The maximum absolute atomic E-state index is 12.8. The molecule has 0 aromatic carbocycles. The summed E-state index contributed by atoms with van der Waals surface area (Å²) in [4.78, 5) is 32.4. The molecule has 1 aromatic rings. The Hall–Kier alpha value is -1.78. The number of aromatic nitrogens is 1. The molecule has 21 heavy (non-hydrogen) atoms. The number of likely N-dealkylation sites (tertiary alicyclic amines) is 2. The van der Waals surface area contributed by atoms with Crippen LogP contribution in [-0.4, -0.2) is 51.8 Å². The van der Waals surface area contributed by atoms with Crippen LogP contribution in [-0.2, 0) is 4.79 Å². The van der Waals surface area contributed by atoms with Crippen molar-refractivity contribution in [3.63, 3.8) is 0 Å². The maximum atomic E-state index is 12.8. The van der Waals surface area contributed by atoms with Crippen molar-refractivity contribution in [3.05, 3.63) is 24.0 Å². The Kier molecular flexibility index (Phi) is 3.01. The summed E-state index contributed by atoms with van der Waals surface area (Å²) in [6.45, 7) is 1.72. The molecule has 4 rings (SSSR count). The predicted octanol–water partition coefficient (Wildman–Crippen LogP) is 1.63. The zero-order valence-corrected chi connectivity index (χ0v) is 12.1. The van der Waals surface area contributed by atoms with Crippen LogP contribution in [0.2, 0.25) is 0 Å². The molecule has 3 heterocycles. The van der Waals surface area contributed by atoms with Gasteiger partial charge in [-0.3, -0.25) is 9.59 Å². The van der Waals surface area contributed by atoms with Crippen LogP contribution < -0.4 is 0 Å². The zero-order valence-electron chi connectivity index (χ0n) is 12.1. The van der Waals surface area contributed by atoms with Gasteiger partial charge in [-0.1, -0.05) is 0 Å². The van der Waals surface area contributed by atoms with E-state index in [1.54, 1.807) is 12.3 Å². The number of rotatable bonds is 2. The van der Waals surface area contributed by atoms with E-state index in [0.29, 0.717) is 11.6 Å². The van der Waals surface area contributed by atoms with Gasteiger partial charge < -0.3 is 14.8 Å². The average Bonchev–Trinajstić information content (AvgIpc) is 3.30. The summed E-state index contributed by atoms with van der Waals surface area (Å²) in [6, 6.07) is 3.66. The van der Waals surface area contributed by atoms with Crippen LogP contribution in [0.15, 0.2) is 18.3 Å². The summed E-state index contributed by atoms with van der Waals surface area (Å²) in [5.41, 5.74) is 0.599. The van der Waals surface area contributed by atoms with Gasteiger partial charge in [-0.05, 0) is 50.2 Å². The molecule has 2 aliphatic heterocycles. The molecule has 2 unspecified atom stereocenters. The molecule has 2 saturated heterocycles. The van der Waals surface area contributed by atoms with Crippen LogP contribution >= 0.6 is 0 Å². The molecule has 5 heteroatoms. The molecule has 1 saturated carbocycles. The highest BCUT2D eigenvalue weighted by molar-refractivity contribution is 5.97. The second-order valence-electron chi connectivity index (χ2n) is 6.50. The number of H-pyrrole nitrogens is 1. The topological polar surface area (TPSA) is 56.4 Å². The van der Waals surface area contributed by atoms with Gasteiger partial charge in [-0.15, -0.1) is 0 Å². The number of amides is 2. The zero-order chi connectivity index (χ0) is 14.4. The lowest BCUT2D eigenvalue weighted by molar-refractivity contribution is -0.136. The average molecular weight is 287 g/mol.